The van der Waals surface area contributed by atoms with Crippen molar-refractivity contribution >= 4 is 11.8 Å². The molecule has 2 fully saturated rings. The van der Waals surface area contributed by atoms with Crippen LogP contribution in [0.5, 0.6) is 0 Å². The van der Waals surface area contributed by atoms with Gasteiger partial charge in [0, 0.05) is 32.1 Å². The third-order valence-electron chi connectivity index (χ3n) is 4.04. The van der Waals surface area contributed by atoms with Gasteiger partial charge in [-0.25, -0.2) is 0 Å². The van der Waals surface area contributed by atoms with Crippen molar-refractivity contribution in [2.45, 2.75) is 38.6 Å². The highest BCUT2D eigenvalue weighted by Crippen LogP contribution is 2.31. The van der Waals surface area contributed by atoms with Crippen LogP contribution in [0.1, 0.15) is 33.1 Å². The van der Waals surface area contributed by atoms with E-state index in [0.717, 1.165) is 19.3 Å². The van der Waals surface area contributed by atoms with Crippen molar-refractivity contribution in [2.24, 2.45) is 11.7 Å². The molecule has 18 heavy (non-hydrogen) atoms. The Morgan fingerprint density at radius 3 is 1.94 bits per heavy atom. The molecule has 1 saturated heterocycles. The van der Waals surface area contributed by atoms with E-state index in [1.807, 2.05) is 23.6 Å². The monoisotopic (exact) mass is 253 g/mol. The molecule has 5 nitrogen and oxygen atoms in total. The number of rotatable bonds is 2. The van der Waals surface area contributed by atoms with Crippen LogP contribution >= 0.6 is 0 Å². The van der Waals surface area contributed by atoms with Gasteiger partial charge in [-0.1, -0.05) is 13.8 Å². The van der Waals surface area contributed by atoms with Gasteiger partial charge in [0.25, 0.3) is 0 Å². The molecule has 2 rings (SSSR count). The van der Waals surface area contributed by atoms with E-state index >= 15 is 0 Å². The van der Waals surface area contributed by atoms with Gasteiger partial charge in [0.2, 0.25) is 11.8 Å². The largest absolute Gasteiger partial charge is 0.339 e. The Kier molecular flexibility index (Phi) is 3.61. The number of amides is 2. The lowest BCUT2D eigenvalue weighted by molar-refractivity contribution is -0.146. The highest BCUT2D eigenvalue weighted by Gasteiger charge is 2.43. The van der Waals surface area contributed by atoms with Gasteiger partial charge in [0.1, 0.15) is 0 Å². The van der Waals surface area contributed by atoms with Crippen LogP contribution in [0, 0.1) is 5.92 Å². The summed E-state index contributed by atoms with van der Waals surface area (Å²) in [4.78, 5) is 27.7. The standard InChI is InChI=1S/C13H23N3O2/c1-10(2)11(17)15-6-8-16(9-7-15)12(18)13(14)4-3-5-13/h10H,3-9,14H2,1-2H3. The van der Waals surface area contributed by atoms with Gasteiger partial charge in [0.05, 0.1) is 5.54 Å². The van der Waals surface area contributed by atoms with Crippen LogP contribution in [0.15, 0.2) is 0 Å². The summed E-state index contributed by atoms with van der Waals surface area (Å²) in [6.45, 7) is 6.33. The number of piperazine rings is 1. The maximum absolute atomic E-state index is 12.2. The van der Waals surface area contributed by atoms with Gasteiger partial charge in [-0.3, -0.25) is 9.59 Å². The summed E-state index contributed by atoms with van der Waals surface area (Å²) in [6, 6.07) is 0. The lowest BCUT2D eigenvalue weighted by Gasteiger charge is -2.43. The van der Waals surface area contributed by atoms with Gasteiger partial charge < -0.3 is 15.5 Å². The second kappa shape index (κ2) is 4.88. The Hall–Kier alpha value is -1.10. The first-order valence-electron chi connectivity index (χ1n) is 6.81. The maximum Gasteiger partial charge on any atom is 0.242 e. The Morgan fingerprint density at radius 1 is 1.06 bits per heavy atom. The van der Waals surface area contributed by atoms with E-state index in [9.17, 15) is 9.59 Å². The zero-order valence-electron chi connectivity index (χ0n) is 11.3. The average molecular weight is 253 g/mol. The smallest absolute Gasteiger partial charge is 0.242 e. The van der Waals surface area contributed by atoms with Crippen LogP contribution in [0.2, 0.25) is 0 Å². The lowest BCUT2D eigenvalue weighted by Crippen LogP contribution is -2.63. The van der Waals surface area contributed by atoms with Crippen LogP contribution in [-0.4, -0.2) is 53.3 Å². The summed E-state index contributed by atoms with van der Waals surface area (Å²) in [7, 11) is 0. The number of hydrogen-bond acceptors (Lipinski definition) is 3. The van der Waals surface area contributed by atoms with E-state index in [2.05, 4.69) is 0 Å². The van der Waals surface area contributed by atoms with Crippen LogP contribution in [0.4, 0.5) is 0 Å². The van der Waals surface area contributed by atoms with Gasteiger partial charge in [-0.05, 0) is 19.3 Å². The molecule has 1 aliphatic heterocycles. The van der Waals surface area contributed by atoms with E-state index in [4.69, 9.17) is 5.73 Å². The Balaban J connectivity index is 1.87. The average Bonchev–Trinajstić information content (AvgIpc) is 2.34. The molecule has 0 bridgehead atoms. The molecular weight excluding hydrogens is 230 g/mol. The minimum atomic E-state index is -0.607. The molecule has 5 heteroatoms. The third-order valence-corrected chi connectivity index (χ3v) is 4.04. The fourth-order valence-electron chi connectivity index (χ4n) is 2.58. The van der Waals surface area contributed by atoms with Crippen molar-refractivity contribution in [1.82, 2.24) is 9.80 Å². The van der Waals surface area contributed by atoms with Gasteiger partial charge in [-0.15, -0.1) is 0 Å². The highest BCUT2D eigenvalue weighted by molar-refractivity contribution is 5.87. The van der Waals surface area contributed by atoms with E-state index in [1.54, 1.807) is 0 Å². The normalized spacial score (nSPS) is 22.9. The van der Waals surface area contributed by atoms with Crippen molar-refractivity contribution in [3.05, 3.63) is 0 Å². The van der Waals surface area contributed by atoms with Crippen molar-refractivity contribution in [3.63, 3.8) is 0 Å². The second-order valence-electron chi connectivity index (χ2n) is 5.78. The van der Waals surface area contributed by atoms with Crippen LogP contribution < -0.4 is 5.73 Å². The molecule has 0 aromatic carbocycles. The molecule has 0 aromatic rings. The fourth-order valence-corrected chi connectivity index (χ4v) is 2.58. The molecule has 0 unspecified atom stereocenters. The summed E-state index contributed by atoms with van der Waals surface area (Å²) < 4.78 is 0. The Labute approximate surface area is 108 Å². The molecule has 0 aromatic heterocycles. The molecule has 1 heterocycles. The SMILES string of the molecule is CC(C)C(=O)N1CCN(C(=O)C2(N)CCC2)CC1. The topological polar surface area (TPSA) is 66.6 Å². The van der Waals surface area contributed by atoms with Crippen LogP contribution in [0.3, 0.4) is 0 Å². The minimum Gasteiger partial charge on any atom is -0.339 e. The van der Waals surface area contributed by atoms with E-state index in [1.165, 1.54) is 0 Å². The molecule has 0 atom stereocenters. The minimum absolute atomic E-state index is 0.0275. The number of hydrogen-bond donors (Lipinski definition) is 1. The van der Waals surface area contributed by atoms with E-state index in [0.29, 0.717) is 26.2 Å². The van der Waals surface area contributed by atoms with Gasteiger partial charge >= 0.3 is 0 Å². The predicted octanol–water partition coefficient (Wildman–Crippen LogP) is 0.195. The zero-order chi connectivity index (χ0) is 13.3. The first-order chi connectivity index (χ1) is 8.44. The number of nitrogens with zero attached hydrogens (tertiary/aromatic N) is 2. The Bertz CT molecular complexity index is 342. The summed E-state index contributed by atoms with van der Waals surface area (Å²) in [6.07, 6.45) is 2.65. The number of carbonyl (C=O) groups is 2. The molecule has 1 saturated carbocycles. The van der Waals surface area contributed by atoms with Crippen LogP contribution in [0.25, 0.3) is 0 Å². The molecule has 0 radical (unpaired) electrons. The lowest BCUT2D eigenvalue weighted by atomic mass is 9.76. The van der Waals surface area contributed by atoms with Gasteiger partial charge in [0.15, 0.2) is 0 Å². The predicted molar refractivity (Wildman–Crippen MR) is 68.8 cm³/mol. The summed E-state index contributed by atoms with van der Waals surface area (Å²) in [5.41, 5.74) is 5.44. The molecular formula is C13H23N3O2. The molecule has 2 amide bonds. The molecule has 2 N–H and O–H groups in total. The van der Waals surface area contributed by atoms with E-state index < -0.39 is 5.54 Å². The summed E-state index contributed by atoms with van der Waals surface area (Å²) in [5.74, 6) is 0.276. The number of nitrogens with two attached hydrogens (primary N) is 1. The molecule has 102 valence electrons. The quantitative estimate of drug-likeness (QED) is 0.764. The third kappa shape index (κ3) is 2.36. The molecule has 2 aliphatic rings. The van der Waals surface area contributed by atoms with Crippen molar-refractivity contribution in [3.8, 4) is 0 Å². The first kappa shape index (κ1) is 13.3. The summed E-state index contributed by atoms with van der Waals surface area (Å²) >= 11 is 0. The summed E-state index contributed by atoms with van der Waals surface area (Å²) in [5, 5.41) is 0. The molecule has 1 aliphatic carbocycles. The number of carbonyl (C=O) groups excluding carboxylic acids is 2. The first-order valence-corrected chi connectivity index (χ1v) is 6.81. The zero-order valence-corrected chi connectivity index (χ0v) is 11.3. The van der Waals surface area contributed by atoms with Crippen molar-refractivity contribution in [2.75, 3.05) is 26.2 Å². The second-order valence-corrected chi connectivity index (χ2v) is 5.78. The fraction of sp³-hybridized carbons (Fsp3) is 0.846. The van der Waals surface area contributed by atoms with E-state index in [-0.39, 0.29) is 17.7 Å². The maximum atomic E-state index is 12.2. The van der Waals surface area contributed by atoms with Crippen LogP contribution in [-0.2, 0) is 9.59 Å². The Morgan fingerprint density at radius 2 is 1.56 bits per heavy atom. The van der Waals surface area contributed by atoms with Crippen molar-refractivity contribution in [1.29, 1.82) is 0 Å². The van der Waals surface area contributed by atoms with Crippen molar-refractivity contribution < 1.29 is 9.59 Å². The molecule has 0 spiro atoms. The highest BCUT2D eigenvalue weighted by atomic mass is 16.2. The van der Waals surface area contributed by atoms with Gasteiger partial charge in [-0.2, -0.15) is 0 Å².